The highest BCUT2D eigenvalue weighted by molar-refractivity contribution is 5.81. The third-order valence-corrected chi connectivity index (χ3v) is 1.84. The third kappa shape index (κ3) is 6.83. The van der Waals surface area contributed by atoms with E-state index in [1.807, 2.05) is 13.8 Å². The lowest BCUT2D eigenvalue weighted by Gasteiger charge is -2.14. The van der Waals surface area contributed by atoms with Gasteiger partial charge in [-0.3, -0.25) is 9.18 Å². The summed E-state index contributed by atoms with van der Waals surface area (Å²) in [7, 11) is 0. The molecule has 0 saturated carbocycles. The highest BCUT2D eigenvalue weighted by Gasteiger charge is 2.10. The Hall–Kier alpha value is -0.640. The van der Waals surface area contributed by atoms with E-state index >= 15 is 0 Å². The fourth-order valence-electron chi connectivity index (χ4n) is 0.936. The summed E-state index contributed by atoms with van der Waals surface area (Å²) in [5, 5.41) is 5.77. The standard InChI is InChI=1S/C10H21FN2O/c1-8(2)7-13-10(14)9(3)12-6-4-5-11/h8-9,12H,4-7H2,1-3H3,(H,13,14). The van der Waals surface area contributed by atoms with Gasteiger partial charge in [-0.2, -0.15) is 0 Å². The van der Waals surface area contributed by atoms with Gasteiger partial charge in [-0.25, -0.2) is 0 Å². The predicted molar refractivity (Wildman–Crippen MR) is 55.9 cm³/mol. The number of rotatable bonds is 7. The zero-order chi connectivity index (χ0) is 11.0. The topological polar surface area (TPSA) is 41.1 Å². The van der Waals surface area contributed by atoms with Gasteiger partial charge >= 0.3 is 0 Å². The first-order valence-electron chi connectivity index (χ1n) is 5.15. The van der Waals surface area contributed by atoms with Crippen LogP contribution in [0.4, 0.5) is 4.39 Å². The van der Waals surface area contributed by atoms with Crippen LogP contribution in [0.2, 0.25) is 0 Å². The van der Waals surface area contributed by atoms with E-state index in [1.54, 1.807) is 6.92 Å². The second-order valence-corrected chi connectivity index (χ2v) is 3.86. The summed E-state index contributed by atoms with van der Waals surface area (Å²) in [6.45, 7) is 6.77. The number of carbonyl (C=O) groups is 1. The number of halogens is 1. The number of nitrogens with one attached hydrogen (secondary N) is 2. The number of amides is 1. The molecule has 4 heteroatoms. The Bertz CT molecular complexity index is 162. The molecule has 0 rings (SSSR count). The van der Waals surface area contributed by atoms with Gasteiger partial charge in [-0.15, -0.1) is 0 Å². The zero-order valence-electron chi connectivity index (χ0n) is 9.27. The van der Waals surface area contributed by atoms with Gasteiger partial charge in [0.15, 0.2) is 0 Å². The van der Waals surface area contributed by atoms with E-state index < -0.39 is 0 Å². The first kappa shape index (κ1) is 13.4. The minimum atomic E-state index is -0.340. The van der Waals surface area contributed by atoms with Crippen molar-refractivity contribution in [2.45, 2.75) is 33.2 Å². The van der Waals surface area contributed by atoms with E-state index in [-0.39, 0.29) is 18.6 Å². The van der Waals surface area contributed by atoms with Gasteiger partial charge in [0.2, 0.25) is 5.91 Å². The van der Waals surface area contributed by atoms with Crippen LogP contribution in [0.15, 0.2) is 0 Å². The van der Waals surface area contributed by atoms with Crippen LogP contribution >= 0.6 is 0 Å². The van der Waals surface area contributed by atoms with Crippen molar-refractivity contribution in [1.82, 2.24) is 10.6 Å². The van der Waals surface area contributed by atoms with E-state index in [0.717, 1.165) is 0 Å². The van der Waals surface area contributed by atoms with Gasteiger partial charge < -0.3 is 10.6 Å². The van der Waals surface area contributed by atoms with E-state index in [4.69, 9.17) is 0 Å². The van der Waals surface area contributed by atoms with Gasteiger partial charge in [-0.05, 0) is 25.8 Å². The van der Waals surface area contributed by atoms with Crippen LogP contribution in [0, 0.1) is 5.92 Å². The summed E-state index contributed by atoms with van der Waals surface area (Å²) in [5.74, 6) is 0.439. The molecular weight excluding hydrogens is 183 g/mol. The van der Waals surface area contributed by atoms with Crippen molar-refractivity contribution in [2.75, 3.05) is 19.8 Å². The Morgan fingerprint density at radius 3 is 2.50 bits per heavy atom. The minimum Gasteiger partial charge on any atom is -0.354 e. The fraction of sp³-hybridized carbons (Fsp3) is 0.900. The Balaban J connectivity index is 3.54. The van der Waals surface area contributed by atoms with Crippen molar-refractivity contribution < 1.29 is 9.18 Å². The van der Waals surface area contributed by atoms with Crippen molar-refractivity contribution in [3.05, 3.63) is 0 Å². The minimum absolute atomic E-state index is 0.0161. The largest absolute Gasteiger partial charge is 0.354 e. The van der Waals surface area contributed by atoms with Crippen molar-refractivity contribution in [3.63, 3.8) is 0 Å². The molecule has 0 heterocycles. The van der Waals surface area contributed by atoms with E-state index in [9.17, 15) is 9.18 Å². The quantitative estimate of drug-likeness (QED) is 0.610. The third-order valence-electron chi connectivity index (χ3n) is 1.84. The number of carbonyl (C=O) groups excluding carboxylic acids is 1. The van der Waals surface area contributed by atoms with Crippen molar-refractivity contribution in [3.8, 4) is 0 Å². The lowest BCUT2D eigenvalue weighted by molar-refractivity contribution is -0.122. The molecule has 0 aromatic rings. The molecule has 0 fully saturated rings. The molecule has 14 heavy (non-hydrogen) atoms. The molecule has 0 aliphatic rings. The Kier molecular flexibility index (Phi) is 7.38. The molecule has 3 nitrogen and oxygen atoms in total. The molecule has 0 aliphatic heterocycles. The highest BCUT2D eigenvalue weighted by Crippen LogP contribution is 1.89. The lowest BCUT2D eigenvalue weighted by atomic mass is 10.2. The molecule has 0 bridgehead atoms. The molecule has 1 unspecified atom stereocenters. The number of hydrogen-bond acceptors (Lipinski definition) is 2. The molecule has 0 saturated heterocycles. The van der Waals surface area contributed by atoms with Crippen molar-refractivity contribution >= 4 is 5.91 Å². The maximum absolute atomic E-state index is 11.8. The van der Waals surface area contributed by atoms with E-state index in [2.05, 4.69) is 10.6 Å². The summed E-state index contributed by atoms with van der Waals surface area (Å²) in [6.07, 6.45) is 0.460. The summed E-state index contributed by atoms with van der Waals surface area (Å²) in [5.41, 5.74) is 0. The average Bonchev–Trinajstić information content (AvgIpc) is 2.14. The van der Waals surface area contributed by atoms with Crippen molar-refractivity contribution in [1.29, 1.82) is 0 Å². The maximum atomic E-state index is 11.8. The van der Waals surface area contributed by atoms with Crippen LogP contribution in [0.5, 0.6) is 0 Å². The lowest BCUT2D eigenvalue weighted by Crippen LogP contribution is -2.43. The van der Waals surface area contributed by atoms with Crippen LogP contribution in [0.3, 0.4) is 0 Å². The molecular formula is C10H21FN2O. The highest BCUT2D eigenvalue weighted by atomic mass is 19.1. The van der Waals surface area contributed by atoms with Gasteiger partial charge in [-0.1, -0.05) is 13.8 Å². The number of alkyl halides is 1. The van der Waals surface area contributed by atoms with Crippen LogP contribution in [0.25, 0.3) is 0 Å². The second kappa shape index (κ2) is 7.74. The zero-order valence-corrected chi connectivity index (χ0v) is 9.27. The summed E-state index contributed by atoms with van der Waals surface area (Å²) in [4.78, 5) is 11.4. The molecule has 0 aliphatic carbocycles. The van der Waals surface area contributed by atoms with E-state index in [1.165, 1.54) is 0 Å². The Morgan fingerprint density at radius 2 is 2.00 bits per heavy atom. The van der Waals surface area contributed by atoms with Crippen LogP contribution in [0.1, 0.15) is 27.2 Å². The molecule has 0 aromatic heterocycles. The summed E-state index contributed by atoms with van der Waals surface area (Å²) >= 11 is 0. The SMILES string of the molecule is CC(C)CNC(=O)C(C)NCCCF. The van der Waals surface area contributed by atoms with E-state index in [0.29, 0.717) is 25.4 Å². The van der Waals surface area contributed by atoms with Gasteiger partial charge in [0.1, 0.15) is 0 Å². The molecule has 84 valence electrons. The average molecular weight is 204 g/mol. The number of hydrogen-bond donors (Lipinski definition) is 2. The normalized spacial score (nSPS) is 12.9. The molecule has 0 spiro atoms. The smallest absolute Gasteiger partial charge is 0.236 e. The first-order chi connectivity index (χ1) is 6.57. The second-order valence-electron chi connectivity index (χ2n) is 3.86. The van der Waals surface area contributed by atoms with Crippen molar-refractivity contribution in [2.24, 2.45) is 5.92 Å². The Labute approximate surface area is 85.5 Å². The first-order valence-corrected chi connectivity index (χ1v) is 5.15. The summed E-state index contributed by atoms with van der Waals surface area (Å²) in [6, 6.07) is -0.236. The van der Waals surface area contributed by atoms with Gasteiger partial charge in [0, 0.05) is 6.54 Å². The maximum Gasteiger partial charge on any atom is 0.236 e. The van der Waals surface area contributed by atoms with Gasteiger partial charge in [0.25, 0.3) is 0 Å². The molecule has 2 N–H and O–H groups in total. The Morgan fingerprint density at radius 1 is 1.36 bits per heavy atom. The van der Waals surface area contributed by atoms with Gasteiger partial charge in [0.05, 0.1) is 12.7 Å². The fourth-order valence-corrected chi connectivity index (χ4v) is 0.936. The molecule has 0 aromatic carbocycles. The van der Waals surface area contributed by atoms with Crippen LogP contribution in [-0.2, 0) is 4.79 Å². The monoisotopic (exact) mass is 204 g/mol. The molecule has 1 atom stereocenters. The van der Waals surface area contributed by atoms with Crippen LogP contribution < -0.4 is 10.6 Å². The molecule has 1 amide bonds. The summed E-state index contributed by atoms with van der Waals surface area (Å²) < 4.78 is 11.8. The molecule has 0 radical (unpaired) electrons. The predicted octanol–water partition coefficient (Wildman–Crippen LogP) is 1.10. The van der Waals surface area contributed by atoms with Crippen LogP contribution in [-0.4, -0.2) is 31.7 Å².